The van der Waals surface area contributed by atoms with E-state index in [0.717, 1.165) is 0 Å². The van der Waals surface area contributed by atoms with Gasteiger partial charge in [-0.3, -0.25) is 9.59 Å². The van der Waals surface area contributed by atoms with Crippen molar-refractivity contribution in [3.05, 3.63) is 64.7 Å². The number of carbonyl (C=O) groups is 1. The summed E-state index contributed by atoms with van der Waals surface area (Å²) in [6, 6.07) is 14.2. The number of fused-ring (bicyclic) bond motifs is 1. The molecule has 0 atom stereocenters. The number of hydrogen-bond acceptors (Lipinski definition) is 5. The molecule has 1 aromatic heterocycles. The van der Waals surface area contributed by atoms with E-state index in [1.165, 1.54) is 0 Å². The van der Waals surface area contributed by atoms with Crippen molar-refractivity contribution in [2.75, 3.05) is 13.7 Å². The summed E-state index contributed by atoms with van der Waals surface area (Å²) in [5.74, 6) is 1.28. The molecule has 1 amide bonds. The number of benzene rings is 2. The van der Waals surface area contributed by atoms with Gasteiger partial charge in [-0.15, -0.1) is 0 Å². The monoisotopic (exact) mass is 381 g/mol. The summed E-state index contributed by atoms with van der Waals surface area (Å²) >= 11 is 0. The highest BCUT2D eigenvalue weighted by Crippen LogP contribution is 2.25. The maximum Gasteiger partial charge on any atom is 0.261 e. The first-order chi connectivity index (χ1) is 13.5. The summed E-state index contributed by atoms with van der Waals surface area (Å²) < 4.78 is 10.9. The van der Waals surface area contributed by atoms with Crippen LogP contribution in [0.3, 0.4) is 0 Å². The van der Waals surface area contributed by atoms with Crippen LogP contribution in [0.25, 0.3) is 10.9 Å². The molecule has 1 N–H and O–H groups in total. The van der Waals surface area contributed by atoms with Gasteiger partial charge in [0.1, 0.15) is 5.82 Å². The van der Waals surface area contributed by atoms with Gasteiger partial charge in [0.2, 0.25) is 0 Å². The molecule has 0 unspecified atom stereocenters. The normalized spacial score (nSPS) is 10.9. The predicted octanol–water partition coefficient (Wildman–Crippen LogP) is 2.75. The third kappa shape index (κ3) is 4.31. The second-order valence-corrected chi connectivity index (χ2v) is 6.58. The average molecular weight is 381 g/mol. The molecule has 7 nitrogen and oxygen atoms in total. The molecule has 0 saturated heterocycles. The van der Waals surface area contributed by atoms with Crippen LogP contribution >= 0.6 is 0 Å². The summed E-state index contributed by atoms with van der Waals surface area (Å²) in [6.45, 7) is 3.85. The number of aromatic amines is 1. The number of nitrogens with one attached hydrogen (secondary N) is 1. The smallest absolute Gasteiger partial charge is 0.261 e. The number of carbonyl (C=O) groups excluding carboxylic acids is 1. The van der Waals surface area contributed by atoms with E-state index in [-0.39, 0.29) is 30.7 Å². The minimum Gasteiger partial charge on any atom is -0.493 e. The number of rotatable bonds is 7. The minimum absolute atomic E-state index is 0.0921. The number of para-hydroxylation sites is 3. The highest BCUT2D eigenvalue weighted by Gasteiger charge is 2.20. The van der Waals surface area contributed by atoms with Gasteiger partial charge in [-0.05, 0) is 38.1 Å². The van der Waals surface area contributed by atoms with Gasteiger partial charge in [-0.25, -0.2) is 4.98 Å². The average Bonchev–Trinajstić information content (AvgIpc) is 2.70. The van der Waals surface area contributed by atoms with Gasteiger partial charge in [0.05, 0.1) is 24.6 Å². The largest absolute Gasteiger partial charge is 0.493 e. The molecule has 28 heavy (non-hydrogen) atoms. The third-order valence-electron chi connectivity index (χ3n) is 4.35. The van der Waals surface area contributed by atoms with E-state index in [4.69, 9.17) is 9.47 Å². The van der Waals surface area contributed by atoms with Crippen molar-refractivity contribution in [1.82, 2.24) is 14.9 Å². The fourth-order valence-corrected chi connectivity index (χ4v) is 2.89. The number of H-pyrrole nitrogens is 1. The van der Waals surface area contributed by atoms with Crippen LogP contribution in [-0.2, 0) is 11.3 Å². The van der Waals surface area contributed by atoms with Gasteiger partial charge >= 0.3 is 0 Å². The van der Waals surface area contributed by atoms with Crippen LogP contribution in [0.2, 0.25) is 0 Å². The fraction of sp³-hybridized carbons (Fsp3) is 0.286. The first-order valence-electron chi connectivity index (χ1n) is 9.03. The second kappa shape index (κ2) is 8.56. The van der Waals surface area contributed by atoms with Crippen molar-refractivity contribution < 1.29 is 14.3 Å². The molecule has 3 aromatic rings. The zero-order valence-electron chi connectivity index (χ0n) is 16.1. The molecule has 3 rings (SSSR count). The zero-order valence-corrected chi connectivity index (χ0v) is 16.1. The SMILES string of the molecule is COc1ccccc1OCC(=O)N(Cc1nc2ccccc2c(=O)[nH]1)C(C)C. The lowest BCUT2D eigenvalue weighted by Crippen LogP contribution is -2.40. The maximum absolute atomic E-state index is 12.8. The van der Waals surface area contributed by atoms with Gasteiger partial charge in [0.25, 0.3) is 11.5 Å². The molecule has 0 radical (unpaired) electrons. The van der Waals surface area contributed by atoms with E-state index >= 15 is 0 Å². The summed E-state index contributed by atoms with van der Waals surface area (Å²) in [5.41, 5.74) is 0.379. The van der Waals surface area contributed by atoms with Crippen molar-refractivity contribution in [2.24, 2.45) is 0 Å². The van der Waals surface area contributed by atoms with Crippen LogP contribution in [0.15, 0.2) is 53.3 Å². The fourth-order valence-electron chi connectivity index (χ4n) is 2.89. The molecule has 0 fully saturated rings. The van der Waals surface area contributed by atoms with E-state index < -0.39 is 0 Å². The van der Waals surface area contributed by atoms with Crippen LogP contribution < -0.4 is 15.0 Å². The van der Waals surface area contributed by atoms with Gasteiger partial charge in [0.15, 0.2) is 18.1 Å². The predicted molar refractivity (Wildman–Crippen MR) is 107 cm³/mol. The Hall–Kier alpha value is -3.35. The standard InChI is InChI=1S/C21H23N3O4/c1-14(2)24(20(25)13-28-18-11-7-6-10-17(18)27-3)12-19-22-16-9-5-4-8-15(16)21(26)23-19/h4-11,14H,12-13H2,1-3H3,(H,22,23,26). The Morgan fingerprint density at radius 2 is 1.79 bits per heavy atom. The molecular formula is C21H23N3O4. The quantitative estimate of drug-likeness (QED) is 0.680. The molecule has 0 saturated carbocycles. The van der Waals surface area contributed by atoms with Gasteiger partial charge in [-0.1, -0.05) is 24.3 Å². The van der Waals surface area contributed by atoms with E-state index in [9.17, 15) is 9.59 Å². The summed E-state index contributed by atoms with van der Waals surface area (Å²) in [7, 11) is 1.55. The summed E-state index contributed by atoms with van der Waals surface area (Å²) in [5, 5.41) is 0.521. The number of hydrogen-bond donors (Lipinski definition) is 1. The van der Waals surface area contributed by atoms with Crippen LogP contribution in [0.1, 0.15) is 19.7 Å². The molecule has 1 heterocycles. The number of ether oxygens (including phenoxy) is 2. The first-order valence-corrected chi connectivity index (χ1v) is 9.03. The highest BCUT2D eigenvalue weighted by molar-refractivity contribution is 5.79. The van der Waals surface area contributed by atoms with Gasteiger partial charge in [0, 0.05) is 6.04 Å². The van der Waals surface area contributed by atoms with Gasteiger partial charge < -0.3 is 19.4 Å². The van der Waals surface area contributed by atoms with Crippen LogP contribution in [-0.4, -0.2) is 40.5 Å². The van der Waals surface area contributed by atoms with Crippen molar-refractivity contribution in [2.45, 2.75) is 26.4 Å². The van der Waals surface area contributed by atoms with E-state index in [1.54, 1.807) is 42.3 Å². The van der Waals surface area contributed by atoms with E-state index in [0.29, 0.717) is 28.2 Å². The Morgan fingerprint density at radius 3 is 2.50 bits per heavy atom. The zero-order chi connectivity index (χ0) is 20.1. The Morgan fingerprint density at radius 1 is 1.11 bits per heavy atom. The summed E-state index contributed by atoms with van der Waals surface area (Å²) in [4.78, 5) is 33.9. The number of amides is 1. The molecule has 2 aromatic carbocycles. The van der Waals surface area contributed by atoms with Crippen molar-refractivity contribution in [3.8, 4) is 11.5 Å². The van der Waals surface area contributed by atoms with Gasteiger partial charge in [-0.2, -0.15) is 0 Å². The molecule has 0 aliphatic heterocycles. The molecule has 0 bridgehead atoms. The molecule has 146 valence electrons. The molecule has 7 heteroatoms. The van der Waals surface area contributed by atoms with Crippen molar-refractivity contribution >= 4 is 16.8 Å². The number of aromatic nitrogens is 2. The van der Waals surface area contributed by atoms with Crippen LogP contribution in [0.5, 0.6) is 11.5 Å². The topological polar surface area (TPSA) is 84.5 Å². The first kappa shape index (κ1) is 19.4. The molecular weight excluding hydrogens is 358 g/mol. The van der Waals surface area contributed by atoms with Crippen molar-refractivity contribution in [3.63, 3.8) is 0 Å². The second-order valence-electron chi connectivity index (χ2n) is 6.58. The number of nitrogens with zero attached hydrogens (tertiary/aromatic N) is 2. The lowest BCUT2D eigenvalue weighted by atomic mass is 10.2. The van der Waals surface area contributed by atoms with Crippen molar-refractivity contribution in [1.29, 1.82) is 0 Å². The minimum atomic E-state index is -0.220. The molecule has 0 aliphatic carbocycles. The Balaban J connectivity index is 1.76. The van der Waals surface area contributed by atoms with E-state index in [1.807, 2.05) is 32.0 Å². The third-order valence-corrected chi connectivity index (χ3v) is 4.35. The highest BCUT2D eigenvalue weighted by atomic mass is 16.5. The van der Waals surface area contributed by atoms with Crippen LogP contribution in [0.4, 0.5) is 0 Å². The van der Waals surface area contributed by atoms with E-state index in [2.05, 4.69) is 9.97 Å². The summed E-state index contributed by atoms with van der Waals surface area (Å²) in [6.07, 6.45) is 0. The Labute approximate surface area is 162 Å². The number of methoxy groups -OCH3 is 1. The van der Waals surface area contributed by atoms with Crippen LogP contribution in [0, 0.1) is 0 Å². The molecule has 0 spiro atoms. The lowest BCUT2D eigenvalue weighted by Gasteiger charge is -2.26. The lowest BCUT2D eigenvalue weighted by molar-refractivity contribution is -0.135. The molecule has 0 aliphatic rings. The Kier molecular flexibility index (Phi) is 5.93. The Bertz CT molecular complexity index is 1030. The maximum atomic E-state index is 12.8.